The van der Waals surface area contributed by atoms with Gasteiger partial charge in [0.25, 0.3) is 0 Å². The van der Waals surface area contributed by atoms with Crippen molar-refractivity contribution in [3.05, 3.63) is 30.5 Å². The molecule has 1 aromatic heterocycles. The molecule has 1 aliphatic heterocycles. The molecule has 1 aromatic carbocycles. The highest BCUT2D eigenvalue weighted by atomic mass is 32.2. The maximum absolute atomic E-state index is 12.7. The van der Waals surface area contributed by atoms with Crippen LogP contribution in [0, 0.1) is 0 Å². The SMILES string of the molecule is CN1CCN(S(=O)(=O)c2ccc3c(ccn3C(=O)O)c2)CC1. The summed E-state index contributed by atoms with van der Waals surface area (Å²) < 4.78 is 27.9. The van der Waals surface area contributed by atoms with Gasteiger partial charge in [-0.25, -0.2) is 13.2 Å². The van der Waals surface area contributed by atoms with Crippen molar-refractivity contribution < 1.29 is 18.3 Å². The Bertz CT molecular complexity index is 820. The molecule has 3 rings (SSSR count). The Morgan fingerprint density at radius 3 is 2.45 bits per heavy atom. The number of nitrogens with zero attached hydrogens (tertiary/aromatic N) is 3. The molecule has 0 bridgehead atoms. The molecule has 1 aliphatic rings. The van der Waals surface area contributed by atoms with Crippen molar-refractivity contribution in [1.29, 1.82) is 0 Å². The molecule has 8 heteroatoms. The summed E-state index contributed by atoms with van der Waals surface area (Å²) in [5.41, 5.74) is 0.477. The van der Waals surface area contributed by atoms with Crippen molar-refractivity contribution >= 4 is 27.0 Å². The first-order chi connectivity index (χ1) is 10.4. The Hall–Kier alpha value is -1.90. The third-order valence-electron chi connectivity index (χ3n) is 3.97. The third-order valence-corrected chi connectivity index (χ3v) is 5.86. The van der Waals surface area contributed by atoms with Gasteiger partial charge in [-0.05, 0) is 31.3 Å². The Morgan fingerprint density at radius 2 is 1.82 bits per heavy atom. The molecule has 0 aliphatic carbocycles. The summed E-state index contributed by atoms with van der Waals surface area (Å²) in [5, 5.41) is 9.66. The van der Waals surface area contributed by atoms with Crippen LogP contribution in [0.2, 0.25) is 0 Å². The van der Waals surface area contributed by atoms with E-state index in [1.165, 1.54) is 28.7 Å². The Morgan fingerprint density at radius 1 is 1.14 bits per heavy atom. The minimum absolute atomic E-state index is 0.202. The van der Waals surface area contributed by atoms with E-state index in [1.54, 1.807) is 6.07 Å². The summed E-state index contributed by atoms with van der Waals surface area (Å²) in [6.45, 7) is 2.34. The standard InChI is InChI=1S/C14H17N3O4S/c1-15-6-8-16(9-7-15)22(20,21)12-2-3-13-11(10-12)4-5-17(13)14(18)19/h2-5,10H,6-9H2,1H3,(H,18,19). The van der Waals surface area contributed by atoms with E-state index in [2.05, 4.69) is 4.90 Å². The highest BCUT2D eigenvalue weighted by Crippen LogP contribution is 2.23. The molecule has 0 spiro atoms. The van der Waals surface area contributed by atoms with E-state index in [9.17, 15) is 13.2 Å². The molecular formula is C14H17N3O4S. The maximum atomic E-state index is 12.7. The number of hydrogen-bond donors (Lipinski definition) is 1. The van der Waals surface area contributed by atoms with Gasteiger partial charge >= 0.3 is 6.09 Å². The van der Waals surface area contributed by atoms with E-state index < -0.39 is 16.1 Å². The maximum Gasteiger partial charge on any atom is 0.415 e. The van der Waals surface area contributed by atoms with Crippen LogP contribution in [0.25, 0.3) is 10.9 Å². The predicted octanol–water partition coefficient (Wildman–Crippen LogP) is 1.10. The van der Waals surface area contributed by atoms with Crippen LogP contribution in [0.4, 0.5) is 4.79 Å². The first-order valence-corrected chi connectivity index (χ1v) is 8.37. The average Bonchev–Trinajstić information content (AvgIpc) is 2.90. The van der Waals surface area contributed by atoms with Crippen molar-refractivity contribution in [1.82, 2.24) is 13.8 Å². The number of carboxylic acid groups (broad SMARTS) is 1. The van der Waals surface area contributed by atoms with Crippen LogP contribution >= 0.6 is 0 Å². The molecular weight excluding hydrogens is 306 g/mol. The number of carbonyl (C=O) groups is 1. The van der Waals surface area contributed by atoms with E-state index in [4.69, 9.17) is 5.11 Å². The molecule has 0 atom stereocenters. The lowest BCUT2D eigenvalue weighted by Gasteiger charge is -2.31. The lowest BCUT2D eigenvalue weighted by molar-refractivity contribution is 0.197. The molecule has 0 saturated carbocycles. The topological polar surface area (TPSA) is 82.9 Å². The number of likely N-dealkylation sites (N-methyl/N-ethyl adjacent to an activating group) is 1. The lowest BCUT2D eigenvalue weighted by Crippen LogP contribution is -2.46. The summed E-state index contributed by atoms with van der Waals surface area (Å²) in [7, 11) is -1.57. The van der Waals surface area contributed by atoms with E-state index in [0.717, 1.165) is 4.57 Å². The highest BCUT2D eigenvalue weighted by molar-refractivity contribution is 7.89. The third kappa shape index (κ3) is 2.49. The second-order valence-electron chi connectivity index (χ2n) is 5.40. The smallest absolute Gasteiger partial charge is 0.415 e. The number of benzene rings is 1. The second kappa shape index (κ2) is 5.38. The summed E-state index contributed by atoms with van der Waals surface area (Å²) in [5.74, 6) is 0. The zero-order chi connectivity index (χ0) is 15.9. The minimum Gasteiger partial charge on any atom is -0.464 e. The fraction of sp³-hybridized carbons (Fsp3) is 0.357. The first kappa shape index (κ1) is 15.0. The van der Waals surface area contributed by atoms with Crippen LogP contribution in [-0.4, -0.2) is 66.6 Å². The predicted molar refractivity (Wildman–Crippen MR) is 81.6 cm³/mol. The summed E-state index contributed by atoms with van der Waals surface area (Å²) in [6.07, 6.45) is 0.323. The normalized spacial score (nSPS) is 17.9. The summed E-state index contributed by atoms with van der Waals surface area (Å²) >= 11 is 0. The highest BCUT2D eigenvalue weighted by Gasteiger charge is 2.27. The van der Waals surface area contributed by atoms with Gasteiger partial charge in [-0.3, -0.25) is 4.57 Å². The lowest BCUT2D eigenvalue weighted by atomic mass is 10.2. The molecule has 0 unspecified atom stereocenters. The van der Waals surface area contributed by atoms with E-state index >= 15 is 0 Å². The van der Waals surface area contributed by atoms with Crippen LogP contribution in [0.15, 0.2) is 35.4 Å². The van der Waals surface area contributed by atoms with Gasteiger partial charge in [-0.15, -0.1) is 0 Å². The largest absolute Gasteiger partial charge is 0.464 e. The van der Waals surface area contributed by atoms with Gasteiger partial charge in [0.15, 0.2) is 0 Å². The van der Waals surface area contributed by atoms with Gasteiger partial charge in [0.05, 0.1) is 10.4 Å². The Balaban J connectivity index is 1.97. The number of aromatic nitrogens is 1. The van der Waals surface area contributed by atoms with Crippen molar-refractivity contribution in [2.75, 3.05) is 33.2 Å². The monoisotopic (exact) mass is 323 g/mol. The molecule has 1 saturated heterocycles. The van der Waals surface area contributed by atoms with Gasteiger partial charge in [-0.2, -0.15) is 4.31 Å². The van der Waals surface area contributed by atoms with Gasteiger partial charge in [0.2, 0.25) is 10.0 Å². The zero-order valence-electron chi connectivity index (χ0n) is 12.1. The van der Waals surface area contributed by atoms with Crippen LogP contribution in [-0.2, 0) is 10.0 Å². The summed E-state index contributed by atoms with van der Waals surface area (Å²) in [6, 6.07) is 6.14. The molecule has 1 N–H and O–H groups in total. The fourth-order valence-electron chi connectivity index (χ4n) is 2.63. The quantitative estimate of drug-likeness (QED) is 0.895. The molecule has 0 radical (unpaired) electrons. The number of sulfonamides is 1. The van der Waals surface area contributed by atoms with Crippen molar-refractivity contribution in [2.45, 2.75) is 4.90 Å². The molecule has 0 amide bonds. The van der Waals surface area contributed by atoms with E-state index in [0.29, 0.717) is 37.1 Å². The van der Waals surface area contributed by atoms with Crippen LogP contribution in [0.3, 0.4) is 0 Å². The minimum atomic E-state index is -3.54. The van der Waals surface area contributed by atoms with Gasteiger partial charge < -0.3 is 10.0 Å². The average molecular weight is 323 g/mol. The van der Waals surface area contributed by atoms with Crippen molar-refractivity contribution in [3.63, 3.8) is 0 Å². The molecule has 2 heterocycles. The molecule has 118 valence electrons. The van der Waals surface area contributed by atoms with E-state index in [1.807, 2.05) is 7.05 Å². The molecule has 1 fully saturated rings. The molecule has 2 aromatic rings. The number of piperazine rings is 1. The Kier molecular flexibility index (Phi) is 3.67. The van der Waals surface area contributed by atoms with Crippen molar-refractivity contribution in [3.8, 4) is 0 Å². The van der Waals surface area contributed by atoms with Gasteiger partial charge in [0.1, 0.15) is 0 Å². The number of rotatable bonds is 2. The van der Waals surface area contributed by atoms with Crippen LogP contribution in [0.1, 0.15) is 0 Å². The number of hydrogen-bond acceptors (Lipinski definition) is 4. The molecule has 7 nitrogen and oxygen atoms in total. The number of fused-ring (bicyclic) bond motifs is 1. The van der Waals surface area contributed by atoms with E-state index in [-0.39, 0.29) is 4.90 Å². The zero-order valence-corrected chi connectivity index (χ0v) is 13.0. The molecule has 22 heavy (non-hydrogen) atoms. The fourth-order valence-corrected chi connectivity index (χ4v) is 4.08. The van der Waals surface area contributed by atoms with Gasteiger partial charge in [-0.1, -0.05) is 0 Å². The van der Waals surface area contributed by atoms with Crippen LogP contribution < -0.4 is 0 Å². The van der Waals surface area contributed by atoms with Crippen LogP contribution in [0.5, 0.6) is 0 Å². The Labute approximate surface area is 128 Å². The van der Waals surface area contributed by atoms with Crippen molar-refractivity contribution in [2.24, 2.45) is 0 Å². The first-order valence-electron chi connectivity index (χ1n) is 6.93. The second-order valence-corrected chi connectivity index (χ2v) is 7.33. The van der Waals surface area contributed by atoms with Gasteiger partial charge in [0, 0.05) is 37.8 Å². The summed E-state index contributed by atoms with van der Waals surface area (Å²) in [4.78, 5) is 13.4.